The number of hydrogen-bond acceptors (Lipinski definition) is 5. The van der Waals surface area contributed by atoms with E-state index in [9.17, 15) is 15.2 Å². The highest BCUT2D eigenvalue weighted by atomic mass is 16.5. The summed E-state index contributed by atoms with van der Waals surface area (Å²) in [6, 6.07) is 6.97. The number of benzene rings is 1. The number of ether oxygens (including phenoxy) is 1. The van der Waals surface area contributed by atoms with Crippen molar-refractivity contribution in [1.82, 2.24) is 4.90 Å². The molecule has 0 saturated carbocycles. The maximum Gasteiger partial charge on any atom is 0.157 e. The van der Waals surface area contributed by atoms with Gasteiger partial charge in [0.05, 0.1) is 17.7 Å². The predicted octanol–water partition coefficient (Wildman–Crippen LogP) is 2.70. The number of rotatable bonds is 2. The minimum absolute atomic E-state index is 0.105. The Morgan fingerprint density at radius 2 is 2.04 bits per heavy atom. The van der Waals surface area contributed by atoms with Gasteiger partial charge in [-0.05, 0) is 45.4 Å². The number of nitriles is 1. The van der Waals surface area contributed by atoms with Crippen LogP contribution in [0.2, 0.25) is 0 Å². The van der Waals surface area contributed by atoms with Crippen molar-refractivity contribution in [3.8, 4) is 11.8 Å². The summed E-state index contributed by atoms with van der Waals surface area (Å²) in [5.41, 5.74) is 0.145. The molecule has 2 atom stereocenters. The molecule has 1 heterocycles. The molecule has 5 heteroatoms. The molecule has 2 aliphatic rings. The monoisotopic (exact) mass is 326 g/mol. The Morgan fingerprint density at radius 1 is 1.33 bits per heavy atom. The third-order valence-corrected chi connectivity index (χ3v) is 5.35. The predicted molar refractivity (Wildman–Crippen MR) is 89.3 cm³/mol. The van der Waals surface area contributed by atoms with E-state index >= 15 is 0 Å². The van der Waals surface area contributed by atoms with Gasteiger partial charge in [0.15, 0.2) is 5.78 Å². The smallest absolute Gasteiger partial charge is 0.157 e. The lowest BCUT2D eigenvalue weighted by Crippen LogP contribution is -2.61. The summed E-state index contributed by atoms with van der Waals surface area (Å²) in [6.45, 7) is 5.44. The Bertz CT molecular complexity index is 771. The van der Waals surface area contributed by atoms with Crippen LogP contribution in [0.15, 0.2) is 30.0 Å². The fourth-order valence-electron chi connectivity index (χ4n) is 3.55. The molecule has 0 spiro atoms. The number of fused-ring (bicyclic) bond motifs is 1. The van der Waals surface area contributed by atoms with Crippen molar-refractivity contribution in [3.63, 3.8) is 0 Å². The first-order valence-corrected chi connectivity index (χ1v) is 8.09. The van der Waals surface area contributed by atoms with Gasteiger partial charge < -0.3 is 14.7 Å². The molecule has 1 aliphatic carbocycles. The van der Waals surface area contributed by atoms with Gasteiger partial charge in [-0.1, -0.05) is 0 Å². The summed E-state index contributed by atoms with van der Waals surface area (Å²) in [6.07, 6.45) is 2.81. The van der Waals surface area contributed by atoms with E-state index in [0.29, 0.717) is 24.2 Å². The van der Waals surface area contributed by atoms with Gasteiger partial charge in [0.1, 0.15) is 17.0 Å². The Balaban J connectivity index is 2.16. The van der Waals surface area contributed by atoms with Gasteiger partial charge in [0, 0.05) is 30.8 Å². The molecule has 126 valence electrons. The number of allylic oxidation sites excluding steroid dienone is 2. The maximum atomic E-state index is 11.6. The van der Waals surface area contributed by atoms with Crippen LogP contribution >= 0.6 is 0 Å². The molecule has 3 rings (SSSR count). The molecule has 0 radical (unpaired) electrons. The SMILES string of the molecule is CN(C1=CC(=O)CC1)C1c2cc(C#N)ccc2OC(C)(C)C1(C)O. The quantitative estimate of drug-likeness (QED) is 0.904. The van der Waals surface area contributed by atoms with Crippen molar-refractivity contribution >= 4 is 5.78 Å². The molecule has 2 unspecified atom stereocenters. The Morgan fingerprint density at radius 3 is 2.62 bits per heavy atom. The van der Waals surface area contributed by atoms with E-state index in [2.05, 4.69) is 6.07 Å². The van der Waals surface area contributed by atoms with Gasteiger partial charge in [-0.2, -0.15) is 5.26 Å². The summed E-state index contributed by atoms with van der Waals surface area (Å²) in [7, 11) is 1.88. The first kappa shape index (κ1) is 16.5. The molecule has 0 amide bonds. The number of aliphatic hydroxyl groups is 1. The number of likely N-dealkylation sites (N-methyl/N-ethyl adjacent to an activating group) is 1. The van der Waals surface area contributed by atoms with Crippen LogP contribution in [0.1, 0.15) is 50.8 Å². The van der Waals surface area contributed by atoms with Crippen LogP contribution in [-0.2, 0) is 4.79 Å². The van der Waals surface area contributed by atoms with Gasteiger partial charge in [-0.25, -0.2) is 0 Å². The maximum absolute atomic E-state index is 11.6. The number of hydrogen-bond donors (Lipinski definition) is 1. The molecular formula is C19H22N2O3. The van der Waals surface area contributed by atoms with E-state index < -0.39 is 17.2 Å². The fraction of sp³-hybridized carbons (Fsp3) is 0.474. The summed E-state index contributed by atoms with van der Waals surface area (Å²) in [4.78, 5) is 13.6. The highest BCUT2D eigenvalue weighted by Gasteiger charge is 2.54. The van der Waals surface area contributed by atoms with Crippen molar-refractivity contribution in [2.45, 2.75) is 50.9 Å². The van der Waals surface area contributed by atoms with Gasteiger partial charge in [0.25, 0.3) is 0 Å². The van der Waals surface area contributed by atoms with Crippen LogP contribution in [-0.4, -0.2) is 34.0 Å². The largest absolute Gasteiger partial charge is 0.484 e. The number of nitrogens with zero attached hydrogens (tertiary/aromatic N) is 2. The second-order valence-corrected chi connectivity index (χ2v) is 7.24. The summed E-state index contributed by atoms with van der Waals surface area (Å²) in [5.74, 6) is 0.765. The van der Waals surface area contributed by atoms with Crippen molar-refractivity contribution in [1.29, 1.82) is 5.26 Å². The van der Waals surface area contributed by atoms with E-state index in [1.165, 1.54) is 0 Å². The van der Waals surface area contributed by atoms with Crippen LogP contribution in [0.5, 0.6) is 5.75 Å². The average Bonchev–Trinajstić information content (AvgIpc) is 2.94. The molecule has 0 bridgehead atoms. The average molecular weight is 326 g/mol. The number of ketones is 1. The lowest BCUT2D eigenvalue weighted by atomic mass is 9.74. The van der Waals surface area contributed by atoms with Crippen LogP contribution in [0.25, 0.3) is 0 Å². The third kappa shape index (κ3) is 2.38. The van der Waals surface area contributed by atoms with Crippen molar-refractivity contribution in [2.75, 3.05) is 7.05 Å². The van der Waals surface area contributed by atoms with Crippen LogP contribution in [0, 0.1) is 11.3 Å². The second kappa shape index (κ2) is 5.35. The zero-order valence-corrected chi connectivity index (χ0v) is 14.5. The van der Waals surface area contributed by atoms with Gasteiger partial charge in [-0.3, -0.25) is 4.79 Å². The molecule has 5 nitrogen and oxygen atoms in total. The zero-order valence-electron chi connectivity index (χ0n) is 14.5. The van der Waals surface area contributed by atoms with Crippen LogP contribution in [0.4, 0.5) is 0 Å². The molecule has 1 aromatic rings. The fourth-order valence-corrected chi connectivity index (χ4v) is 3.55. The van der Waals surface area contributed by atoms with Gasteiger partial charge in [-0.15, -0.1) is 0 Å². The first-order chi connectivity index (χ1) is 11.2. The third-order valence-electron chi connectivity index (χ3n) is 5.35. The number of carbonyl (C=O) groups is 1. The van der Waals surface area contributed by atoms with Crippen molar-refractivity contribution in [3.05, 3.63) is 41.1 Å². The first-order valence-electron chi connectivity index (χ1n) is 8.09. The topological polar surface area (TPSA) is 73.6 Å². The molecule has 1 aliphatic heterocycles. The van der Waals surface area contributed by atoms with E-state index in [1.807, 2.05) is 25.8 Å². The summed E-state index contributed by atoms with van der Waals surface area (Å²) < 4.78 is 6.03. The molecule has 24 heavy (non-hydrogen) atoms. The summed E-state index contributed by atoms with van der Waals surface area (Å²) >= 11 is 0. The second-order valence-electron chi connectivity index (χ2n) is 7.24. The van der Waals surface area contributed by atoms with E-state index in [0.717, 1.165) is 11.3 Å². The van der Waals surface area contributed by atoms with E-state index in [-0.39, 0.29) is 5.78 Å². The minimum atomic E-state index is -1.21. The Hall–Kier alpha value is -2.32. The molecule has 1 aromatic carbocycles. The van der Waals surface area contributed by atoms with E-state index in [4.69, 9.17) is 4.74 Å². The minimum Gasteiger partial charge on any atom is -0.484 e. The van der Waals surface area contributed by atoms with E-state index in [1.54, 1.807) is 31.2 Å². The highest BCUT2D eigenvalue weighted by Crippen LogP contribution is 2.50. The summed E-state index contributed by atoms with van der Waals surface area (Å²) in [5, 5.41) is 20.5. The lowest BCUT2D eigenvalue weighted by molar-refractivity contribution is -0.157. The molecule has 0 saturated heterocycles. The Labute approximate surface area is 142 Å². The van der Waals surface area contributed by atoms with Crippen molar-refractivity contribution < 1.29 is 14.6 Å². The van der Waals surface area contributed by atoms with Crippen LogP contribution < -0.4 is 4.74 Å². The molecule has 0 fully saturated rings. The standard InChI is InChI=1S/C19H22N2O3/c1-18(2)19(3,23)17(21(4)13-6-7-14(22)10-13)15-9-12(11-20)5-8-16(15)24-18/h5,8-10,17,23H,6-7H2,1-4H3. The lowest BCUT2D eigenvalue weighted by Gasteiger charge is -2.52. The van der Waals surface area contributed by atoms with Crippen molar-refractivity contribution in [2.24, 2.45) is 0 Å². The van der Waals surface area contributed by atoms with Gasteiger partial charge >= 0.3 is 0 Å². The molecule has 1 N–H and O–H groups in total. The highest BCUT2D eigenvalue weighted by molar-refractivity contribution is 5.92. The molecule has 0 aromatic heterocycles. The van der Waals surface area contributed by atoms with Gasteiger partial charge in [0.2, 0.25) is 0 Å². The van der Waals surface area contributed by atoms with Crippen LogP contribution in [0.3, 0.4) is 0 Å². The molecular weight excluding hydrogens is 304 g/mol. The zero-order chi connectivity index (χ0) is 17.7. The Kier molecular flexibility index (Phi) is 3.69. The number of carbonyl (C=O) groups excluding carboxylic acids is 1. The normalized spacial score (nSPS) is 27.8.